The number of benzene rings is 1. The van der Waals surface area contributed by atoms with E-state index in [1.807, 2.05) is 19.1 Å². The van der Waals surface area contributed by atoms with Crippen molar-refractivity contribution in [1.82, 2.24) is 0 Å². The fourth-order valence-corrected chi connectivity index (χ4v) is 2.47. The first-order valence-corrected chi connectivity index (χ1v) is 5.96. The number of aliphatic hydroxyl groups excluding tert-OH is 1. The highest BCUT2D eigenvalue weighted by Crippen LogP contribution is 2.26. The molecule has 0 radical (unpaired) electrons. The Morgan fingerprint density at radius 3 is 2.62 bits per heavy atom. The second-order valence-electron chi connectivity index (χ2n) is 3.76. The van der Waals surface area contributed by atoms with Crippen LogP contribution in [0.1, 0.15) is 21.4 Å². The number of rotatable bonds is 3. The molecule has 0 saturated heterocycles. The zero-order valence-corrected chi connectivity index (χ0v) is 9.80. The van der Waals surface area contributed by atoms with E-state index in [1.54, 1.807) is 29.5 Å². The quantitative estimate of drug-likeness (QED) is 0.865. The first-order valence-electron chi connectivity index (χ1n) is 5.14. The minimum atomic E-state index is -0.615. The number of aryl methyl sites for hydroxylation is 1. The maximum atomic E-state index is 13.4. The van der Waals surface area contributed by atoms with E-state index in [-0.39, 0.29) is 5.82 Å². The van der Waals surface area contributed by atoms with Crippen LogP contribution in [0.25, 0.3) is 0 Å². The van der Waals surface area contributed by atoms with Crippen molar-refractivity contribution in [2.24, 2.45) is 0 Å². The Hall–Kier alpha value is -1.19. The second-order valence-corrected chi connectivity index (χ2v) is 5.08. The van der Waals surface area contributed by atoms with Crippen molar-refractivity contribution >= 4 is 11.3 Å². The van der Waals surface area contributed by atoms with Gasteiger partial charge in [-0.25, -0.2) is 4.39 Å². The molecule has 3 heteroatoms. The Morgan fingerprint density at radius 2 is 2.00 bits per heavy atom. The van der Waals surface area contributed by atoms with Gasteiger partial charge in [0.05, 0.1) is 6.10 Å². The zero-order chi connectivity index (χ0) is 11.5. The van der Waals surface area contributed by atoms with E-state index in [0.717, 1.165) is 9.75 Å². The Kier molecular flexibility index (Phi) is 3.36. The van der Waals surface area contributed by atoms with Gasteiger partial charge >= 0.3 is 0 Å². The van der Waals surface area contributed by atoms with E-state index >= 15 is 0 Å². The molecule has 84 valence electrons. The van der Waals surface area contributed by atoms with Crippen molar-refractivity contribution < 1.29 is 9.50 Å². The highest BCUT2D eigenvalue weighted by molar-refractivity contribution is 7.12. The Morgan fingerprint density at radius 1 is 1.25 bits per heavy atom. The van der Waals surface area contributed by atoms with Gasteiger partial charge < -0.3 is 5.11 Å². The van der Waals surface area contributed by atoms with Gasteiger partial charge in [-0.3, -0.25) is 0 Å². The lowest BCUT2D eigenvalue weighted by atomic mass is 10.1. The Balaban J connectivity index is 2.13. The highest BCUT2D eigenvalue weighted by atomic mass is 32.1. The van der Waals surface area contributed by atoms with Gasteiger partial charge in [0, 0.05) is 16.2 Å². The molecule has 16 heavy (non-hydrogen) atoms. The molecule has 1 nitrogen and oxygen atoms in total. The summed E-state index contributed by atoms with van der Waals surface area (Å²) in [6.07, 6.45) is -0.289. The first kappa shape index (κ1) is 11.3. The van der Waals surface area contributed by atoms with Crippen molar-refractivity contribution in [3.05, 3.63) is 57.5 Å². The van der Waals surface area contributed by atoms with Gasteiger partial charge in [-0.15, -0.1) is 11.3 Å². The van der Waals surface area contributed by atoms with Crippen LogP contribution in [0.2, 0.25) is 0 Å². The molecule has 2 rings (SSSR count). The van der Waals surface area contributed by atoms with Crippen molar-refractivity contribution in [3.63, 3.8) is 0 Å². The molecule has 1 N–H and O–H groups in total. The minimum absolute atomic E-state index is 0.255. The summed E-state index contributed by atoms with van der Waals surface area (Å²) in [5.41, 5.74) is 0.557. The summed E-state index contributed by atoms with van der Waals surface area (Å²) < 4.78 is 13.4. The molecule has 0 aliphatic heterocycles. The summed E-state index contributed by atoms with van der Waals surface area (Å²) in [6.45, 7) is 1.99. The van der Waals surface area contributed by atoms with E-state index in [9.17, 15) is 9.50 Å². The van der Waals surface area contributed by atoms with Crippen molar-refractivity contribution in [3.8, 4) is 0 Å². The molecule has 0 fully saturated rings. The van der Waals surface area contributed by atoms with Crippen molar-refractivity contribution in [2.45, 2.75) is 19.4 Å². The molecular weight excluding hydrogens is 223 g/mol. The monoisotopic (exact) mass is 236 g/mol. The summed E-state index contributed by atoms with van der Waals surface area (Å²) >= 11 is 1.55. The molecule has 1 aromatic heterocycles. The molecule has 0 saturated carbocycles. The molecule has 1 aromatic carbocycles. The lowest BCUT2D eigenvalue weighted by molar-refractivity contribution is 0.181. The van der Waals surface area contributed by atoms with E-state index in [4.69, 9.17) is 0 Å². The van der Waals surface area contributed by atoms with Gasteiger partial charge in [-0.2, -0.15) is 0 Å². The van der Waals surface area contributed by atoms with Crippen LogP contribution in [0.5, 0.6) is 0 Å². The maximum absolute atomic E-state index is 13.4. The lowest BCUT2D eigenvalue weighted by Crippen LogP contribution is -2.01. The van der Waals surface area contributed by atoms with Crippen molar-refractivity contribution in [2.75, 3.05) is 0 Å². The summed E-state index contributed by atoms with van der Waals surface area (Å²) in [7, 11) is 0. The standard InChI is InChI=1S/C13H13FOS/c1-9-6-7-13(16-9)12(15)8-10-4-2-3-5-11(10)14/h2-7,12,15H,8H2,1H3. The SMILES string of the molecule is Cc1ccc(C(O)Cc2ccccc2F)s1. The second kappa shape index (κ2) is 4.76. The average molecular weight is 236 g/mol. The van der Waals surface area contributed by atoms with Crippen molar-refractivity contribution in [1.29, 1.82) is 0 Å². The van der Waals surface area contributed by atoms with Gasteiger partial charge in [0.1, 0.15) is 5.82 Å². The van der Waals surface area contributed by atoms with Crippen LogP contribution >= 0.6 is 11.3 Å². The molecule has 0 amide bonds. The van der Waals surface area contributed by atoms with Crippen LogP contribution in [0, 0.1) is 12.7 Å². The first-order chi connectivity index (χ1) is 7.66. The maximum Gasteiger partial charge on any atom is 0.126 e. The largest absolute Gasteiger partial charge is 0.387 e. The van der Waals surface area contributed by atoms with Crippen LogP contribution < -0.4 is 0 Å². The molecule has 1 atom stereocenters. The van der Waals surface area contributed by atoms with Gasteiger partial charge in [-0.1, -0.05) is 18.2 Å². The number of halogens is 1. The summed E-state index contributed by atoms with van der Waals surface area (Å²) in [5, 5.41) is 9.96. The Bertz CT molecular complexity index is 478. The summed E-state index contributed by atoms with van der Waals surface area (Å²) in [4.78, 5) is 2.04. The van der Waals surface area contributed by atoms with Crippen LogP contribution in [-0.4, -0.2) is 5.11 Å². The predicted molar refractivity (Wildman–Crippen MR) is 64.1 cm³/mol. The number of thiophene rings is 1. The summed E-state index contributed by atoms with van der Waals surface area (Å²) in [5.74, 6) is -0.255. The molecular formula is C13H13FOS. The topological polar surface area (TPSA) is 20.2 Å². The van der Waals surface area contributed by atoms with Gasteiger partial charge in [-0.05, 0) is 30.7 Å². The van der Waals surface area contributed by atoms with E-state index in [2.05, 4.69) is 0 Å². The van der Waals surface area contributed by atoms with Gasteiger partial charge in [0.25, 0.3) is 0 Å². The molecule has 2 aromatic rings. The highest BCUT2D eigenvalue weighted by Gasteiger charge is 2.12. The van der Waals surface area contributed by atoms with Gasteiger partial charge in [0.2, 0.25) is 0 Å². The minimum Gasteiger partial charge on any atom is -0.387 e. The molecule has 1 unspecified atom stereocenters. The van der Waals surface area contributed by atoms with E-state index in [1.165, 1.54) is 6.07 Å². The zero-order valence-electron chi connectivity index (χ0n) is 8.98. The fraction of sp³-hybridized carbons (Fsp3) is 0.231. The molecule has 0 aliphatic rings. The fourth-order valence-electron chi connectivity index (χ4n) is 1.61. The van der Waals surface area contributed by atoms with E-state index < -0.39 is 6.10 Å². The predicted octanol–water partition coefficient (Wildman–Crippen LogP) is 3.47. The third kappa shape index (κ3) is 2.49. The van der Waals surface area contributed by atoms with E-state index in [0.29, 0.717) is 12.0 Å². The molecule has 0 spiro atoms. The normalized spacial score (nSPS) is 12.7. The van der Waals surface area contributed by atoms with Crippen LogP contribution in [0.3, 0.4) is 0 Å². The average Bonchev–Trinajstić information content (AvgIpc) is 2.68. The molecule has 0 aliphatic carbocycles. The lowest BCUT2D eigenvalue weighted by Gasteiger charge is -2.09. The molecule has 1 heterocycles. The van der Waals surface area contributed by atoms with Crippen LogP contribution in [0.4, 0.5) is 4.39 Å². The van der Waals surface area contributed by atoms with Crippen LogP contribution in [0.15, 0.2) is 36.4 Å². The number of hydrogen-bond donors (Lipinski definition) is 1. The smallest absolute Gasteiger partial charge is 0.126 e. The third-order valence-electron chi connectivity index (χ3n) is 2.46. The Labute approximate surface area is 98.2 Å². The number of aliphatic hydroxyl groups is 1. The van der Waals surface area contributed by atoms with Gasteiger partial charge in [0.15, 0.2) is 0 Å². The summed E-state index contributed by atoms with van der Waals surface area (Å²) in [6, 6.07) is 10.4. The number of hydrogen-bond acceptors (Lipinski definition) is 2. The molecule has 0 bridgehead atoms. The third-order valence-corrected chi connectivity index (χ3v) is 3.56. The van der Waals surface area contributed by atoms with Crippen LogP contribution in [-0.2, 0) is 6.42 Å².